The molecule has 0 bridgehead atoms. The molecule has 0 radical (unpaired) electrons. The van der Waals surface area contributed by atoms with Crippen LogP contribution in [-0.4, -0.2) is 31.1 Å². The zero-order valence-electron chi connectivity index (χ0n) is 13.0. The molecule has 0 spiro atoms. The molecule has 0 saturated carbocycles. The maximum absolute atomic E-state index is 13.5. The second-order valence-corrected chi connectivity index (χ2v) is 5.50. The van der Waals surface area contributed by atoms with Crippen molar-refractivity contribution in [1.82, 2.24) is 10.2 Å². The Morgan fingerprint density at radius 1 is 1.05 bits per heavy atom. The molecule has 0 amide bonds. The summed E-state index contributed by atoms with van der Waals surface area (Å²) >= 11 is 0. The summed E-state index contributed by atoms with van der Waals surface area (Å²) in [5.74, 6) is -0.953. The molecule has 6 heteroatoms. The van der Waals surface area contributed by atoms with Crippen molar-refractivity contribution in [3.05, 3.63) is 35.4 Å². The maximum atomic E-state index is 13.5. The van der Waals surface area contributed by atoms with Gasteiger partial charge in [0.25, 0.3) is 0 Å². The van der Waals surface area contributed by atoms with E-state index >= 15 is 0 Å². The van der Waals surface area contributed by atoms with Gasteiger partial charge in [-0.15, -0.1) is 24.8 Å². The fourth-order valence-electron chi connectivity index (χ4n) is 2.91. The molecule has 128 valence electrons. The van der Waals surface area contributed by atoms with Gasteiger partial charge in [-0.3, -0.25) is 4.90 Å². The van der Waals surface area contributed by atoms with Gasteiger partial charge < -0.3 is 5.32 Å². The lowest BCUT2D eigenvalue weighted by atomic mass is 9.98. The Labute approximate surface area is 144 Å². The SMILES string of the molecule is CCCCC[C@@H](c1cc(F)cc(F)c1)N1CCNCC1.Cl.Cl. The van der Waals surface area contributed by atoms with Crippen molar-refractivity contribution in [1.29, 1.82) is 0 Å². The second-order valence-electron chi connectivity index (χ2n) is 5.50. The topological polar surface area (TPSA) is 15.3 Å². The Kier molecular flexibility index (Phi) is 11.0. The average molecular weight is 355 g/mol. The Morgan fingerprint density at radius 2 is 1.64 bits per heavy atom. The summed E-state index contributed by atoms with van der Waals surface area (Å²) in [6, 6.07) is 4.06. The smallest absolute Gasteiger partial charge is 0.126 e. The van der Waals surface area contributed by atoms with Gasteiger partial charge in [-0.2, -0.15) is 0 Å². The first-order valence-electron chi connectivity index (χ1n) is 7.61. The Morgan fingerprint density at radius 3 is 2.18 bits per heavy atom. The van der Waals surface area contributed by atoms with Crippen molar-refractivity contribution in [3.63, 3.8) is 0 Å². The minimum Gasteiger partial charge on any atom is -0.314 e. The number of nitrogens with zero attached hydrogens (tertiary/aromatic N) is 1. The van der Waals surface area contributed by atoms with E-state index in [1.54, 1.807) is 0 Å². The summed E-state index contributed by atoms with van der Waals surface area (Å²) in [7, 11) is 0. The molecule has 1 aromatic carbocycles. The van der Waals surface area contributed by atoms with Crippen LogP contribution in [0.15, 0.2) is 18.2 Å². The van der Waals surface area contributed by atoms with Crippen LogP contribution in [-0.2, 0) is 0 Å². The molecule has 1 fully saturated rings. The van der Waals surface area contributed by atoms with Gasteiger partial charge in [0.2, 0.25) is 0 Å². The number of rotatable bonds is 6. The van der Waals surface area contributed by atoms with Gasteiger partial charge in [0.05, 0.1) is 0 Å². The molecule has 0 unspecified atom stereocenters. The molecule has 22 heavy (non-hydrogen) atoms. The van der Waals surface area contributed by atoms with E-state index < -0.39 is 11.6 Å². The third kappa shape index (κ3) is 6.37. The van der Waals surface area contributed by atoms with Crippen LogP contribution in [0.5, 0.6) is 0 Å². The van der Waals surface area contributed by atoms with Gasteiger partial charge in [0, 0.05) is 38.3 Å². The monoisotopic (exact) mass is 354 g/mol. The van der Waals surface area contributed by atoms with E-state index in [2.05, 4.69) is 17.1 Å². The molecular weight excluding hydrogens is 329 g/mol. The van der Waals surface area contributed by atoms with E-state index in [0.717, 1.165) is 57.1 Å². The highest BCUT2D eigenvalue weighted by molar-refractivity contribution is 5.85. The molecule has 0 aliphatic carbocycles. The fraction of sp³-hybridized carbons (Fsp3) is 0.625. The maximum Gasteiger partial charge on any atom is 0.126 e. The van der Waals surface area contributed by atoms with Crippen LogP contribution in [0, 0.1) is 11.6 Å². The largest absolute Gasteiger partial charge is 0.314 e. The van der Waals surface area contributed by atoms with E-state index in [-0.39, 0.29) is 30.9 Å². The van der Waals surface area contributed by atoms with Crippen molar-refractivity contribution in [3.8, 4) is 0 Å². The molecule has 1 N–H and O–H groups in total. The number of benzene rings is 1. The summed E-state index contributed by atoms with van der Waals surface area (Å²) in [6.45, 7) is 5.94. The van der Waals surface area contributed by atoms with Crippen molar-refractivity contribution < 1.29 is 8.78 Å². The second kappa shape index (κ2) is 11.2. The summed E-state index contributed by atoms with van der Waals surface area (Å²) < 4.78 is 26.9. The predicted molar refractivity (Wildman–Crippen MR) is 92.2 cm³/mol. The summed E-state index contributed by atoms with van der Waals surface area (Å²) in [5.41, 5.74) is 0.778. The Bertz CT molecular complexity index is 406. The summed E-state index contributed by atoms with van der Waals surface area (Å²) in [5, 5.41) is 3.32. The predicted octanol–water partition coefficient (Wildman–Crippen LogP) is 4.34. The van der Waals surface area contributed by atoms with Gasteiger partial charge >= 0.3 is 0 Å². The van der Waals surface area contributed by atoms with Crippen molar-refractivity contribution in [2.75, 3.05) is 26.2 Å². The van der Waals surface area contributed by atoms with Gasteiger partial charge in [-0.25, -0.2) is 8.78 Å². The molecule has 1 aromatic rings. The molecule has 1 saturated heterocycles. The molecule has 1 atom stereocenters. The number of nitrogens with one attached hydrogen (secondary N) is 1. The third-order valence-corrected chi connectivity index (χ3v) is 3.94. The lowest BCUT2D eigenvalue weighted by molar-refractivity contribution is 0.162. The first kappa shape index (κ1) is 21.6. The van der Waals surface area contributed by atoms with Gasteiger partial charge in [0.15, 0.2) is 0 Å². The number of hydrogen-bond donors (Lipinski definition) is 1. The summed E-state index contributed by atoms with van der Waals surface area (Å²) in [6.07, 6.45) is 4.39. The van der Waals surface area contributed by atoms with E-state index in [1.165, 1.54) is 18.6 Å². The minimum absolute atomic E-state index is 0. The highest BCUT2D eigenvalue weighted by atomic mass is 35.5. The van der Waals surface area contributed by atoms with Crippen LogP contribution in [0.1, 0.15) is 44.2 Å². The molecule has 1 aliphatic heterocycles. The quantitative estimate of drug-likeness (QED) is 0.764. The molecule has 0 aromatic heterocycles. The van der Waals surface area contributed by atoms with Crippen molar-refractivity contribution in [2.24, 2.45) is 0 Å². The summed E-state index contributed by atoms with van der Waals surface area (Å²) in [4.78, 5) is 2.35. The molecular formula is C16H26Cl2F2N2. The normalized spacial score (nSPS) is 16.5. The van der Waals surface area contributed by atoms with E-state index in [1.807, 2.05) is 0 Å². The third-order valence-electron chi connectivity index (χ3n) is 3.94. The van der Waals surface area contributed by atoms with E-state index in [0.29, 0.717) is 0 Å². The fourth-order valence-corrected chi connectivity index (χ4v) is 2.91. The van der Waals surface area contributed by atoms with Gasteiger partial charge in [-0.1, -0.05) is 26.2 Å². The van der Waals surface area contributed by atoms with Crippen molar-refractivity contribution in [2.45, 2.75) is 38.6 Å². The zero-order valence-corrected chi connectivity index (χ0v) is 14.6. The molecule has 1 aliphatic rings. The lowest BCUT2D eigenvalue weighted by Gasteiger charge is -2.35. The molecule has 1 heterocycles. The van der Waals surface area contributed by atoms with Crippen LogP contribution in [0.25, 0.3) is 0 Å². The Hall–Kier alpha value is -0.420. The number of hydrogen-bond acceptors (Lipinski definition) is 2. The minimum atomic E-state index is -0.476. The van der Waals surface area contributed by atoms with Gasteiger partial charge in [-0.05, 0) is 24.1 Å². The first-order valence-corrected chi connectivity index (χ1v) is 7.61. The van der Waals surface area contributed by atoms with Crippen LogP contribution in [0.3, 0.4) is 0 Å². The highest BCUT2D eigenvalue weighted by Gasteiger charge is 2.22. The molecule has 2 nitrogen and oxygen atoms in total. The average Bonchev–Trinajstić information content (AvgIpc) is 2.43. The van der Waals surface area contributed by atoms with E-state index in [4.69, 9.17) is 0 Å². The highest BCUT2D eigenvalue weighted by Crippen LogP contribution is 2.28. The van der Waals surface area contributed by atoms with Crippen LogP contribution in [0.2, 0.25) is 0 Å². The molecule has 2 rings (SSSR count). The Balaban J connectivity index is 0.00000220. The first-order chi connectivity index (χ1) is 9.70. The standard InChI is InChI=1S/C16H24F2N2.2ClH/c1-2-3-4-5-16(20-8-6-19-7-9-20)13-10-14(17)12-15(18)11-13;;/h10-12,16,19H,2-9H2,1H3;2*1H/t16-;;/m0../s1. The van der Waals surface area contributed by atoms with Crippen LogP contribution in [0.4, 0.5) is 8.78 Å². The zero-order chi connectivity index (χ0) is 14.4. The lowest BCUT2D eigenvalue weighted by Crippen LogP contribution is -2.45. The number of unbranched alkanes of at least 4 members (excludes halogenated alkanes) is 2. The van der Waals surface area contributed by atoms with Gasteiger partial charge in [0.1, 0.15) is 11.6 Å². The van der Waals surface area contributed by atoms with Crippen LogP contribution < -0.4 is 5.32 Å². The van der Waals surface area contributed by atoms with E-state index in [9.17, 15) is 8.78 Å². The number of piperazine rings is 1. The number of halogens is 4. The van der Waals surface area contributed by atoms with Crippen LogP contribution >= 0.6 is 24.8 Å². The van der Waals surface area contributed by atoms with Crippen molar-refractivity contribution >= 4 is 24.8 Å².